The third kappa shape index (κ3) is 3.71. The van der Waals surface area contributed by atoms with Crippen LogP contribution in [0.1, 0.15) is 12.8 Å². The zero-order valence-corrected chi connectivity index (χ0v) is 8.54. The smallest absolute Gasteiger partial charge is 0.135 e. The van der Waals surface area contributed by atoms with Crippen LogP contribution >= 0.6 is 0 Å². The molecule has 0 saturated carbocycles. The Balaban J connectivity index is 2.30. The van der Waals surface area contributed by atoms with E-state index in [1.165, 1.54) is 0 Å². The number of carbonyl (C=O) groups excluding carboxylic acids is 1. The molecule has 0 aromatic heterocycles. The van der Waals surface area contributed by atoms with E-state index in [1.54, 1.807) is 6.08 Å². The van der Waals surface area contributed by atoms with Crippen molar-refractivity contribution in [3.63, 3.8) is 0 Å². The molecule has 1 rings (SSSR count). The Morgan fingerprint density at radius 1 is 1.43 bits per heavy atom. The molecular weight excluding hydrogens is 174 g/mol. The summed E-state index contributed by atoms with van der Waals surface area (Å²) in [7, 11) is 0. The molecule has 0 atom stereocenters. The van der Waals surface area contributed by atoms with Gasteiger partial charge in [-0.15, -0.1) is 0 Å². The summed E-state index contributed by atoms with van der Waals surface area (Å²) in [5.41, 5.74) is 1.07. The molecule has 0 aromatic carbocycles. The van der Waals surface area contributed by atoms with Crippen LogP contribution < -0.4 is 0 Å². The number of ketones is 1. The van der Waals surface area contributed by atoms with Crippen molar-refractivity contribution in [2.24, 2.45) is 0 Å². The summed E-state index contributed by atoms with van der Waals surface area (Å²) in [5, 5.41) is 0. The van der Waals surface area contributed by atoms with Crippen molar-refractivity contribution < 1.29 is 4.79 Å². The lowest BCUT2D eigenvalue weighted by Crippen LogP contribution is -2.34. The first-order valence-corrected chi connectivity index (χ1v) is 4.93. The number of piperidine rings is 1. The highest BCUT2D eigenvalue weighted by Crippen LogP contribution is 2.08. The third-order valence-electron chi connectivity index (χ3n) is 2.31. The summed E-state index contributed by atoms with van der Waals surface area (Å²) in [6, 6.07) is 0. The predicted octanol–water partition coefficient (Wildman–Crippen LogP) is 1.95. The molecule has 14 heavy (non-hydrogen) atoms. The van der Waals surface area contributed by atoms with Crippen molar-refractivity contribution in [2.45, 2.75) is 12.8 Å². The molecule has 0 amide bonds. The SMILES string of the molecule is C=C/C=C\C(=C)CN1CCC(=O)CC1. The number of rotatable bonds is 4. The molecule has 0 radical (unpaired) electrons. The van der Waals surface area contributed by atoms with Crippen molar-refractivity contribution >= 4 is 5.78 Å². The summed E-state index contributed by atoms with van der Waals surface area (Å²) in [6.07, 6.45) is 6.97. The van der Waals surface area contributed by atoms with Gasteiger partial charge in [0.2, 0.25) is 0 Å². The van der Waals surface area contributed by atoms with Crippen molar-refractivity contribution in [3.8, 4) is 0 Å². The van der Waals surface area contributed by atoms with E-state index in [9.17, 15) is 4.79 Å². The summed E-state index contributed by atoms with van der Waals surface area (Å²) >= 11 is 0. The van der Waals surface area contributed by atoms with Crippen LogP contribution in [-0.2, 0) is 4.79 Å². The quantitative estimate of drug-likeness (QED) is 0.633. The molecule has 0 N–H and O–H groups in total. The van der Waals surface area contributed by atoms with Gasteiger partial charge < -0.3 is 0 Å². The first kappa shape index (κ1) is 10.9. The van der Waals surface area contributed by atoms with Crippen molar-refractivity contribution in [1.82, 2.24) is 4.90 Å². The Kier molecular flexibility index (Phi) is 4.33. The van der Waals surface area contributed by atoms with Crippen LogP contribution in [0.2, 0.25) is 0 Å². The third-order valence-corrected chi connectivity index (χ3v) is 2.31. The maximum absolute atomic E-state index is 11.0. The number of carbonyl (C=O) groups is 1. The van der Waals surface area contributed by atoms with Crippen molar-refractivity contribution in [3.05, 3.63) is 37.0 Å². The fraction of sp³-hybridized carbons (Fsp3) is 0.417. The van der Waals surface area contributed by atoms with E-state index in [1.807, 2.05) is 12.2 Å². The second-order valence-electron chi connectivity index (χ2n) is 3.57. The highest BCUT2D eigenvalue weighted by atomic mass is 16.1. The fourth-order valence-electron chi connectivity index (χ4n) is 1.50. The number of allylic oxidation sites excluding steroid dienone is 2. The standard InChI is InChI=1S/C12H17NO/c1-3-4-5-11(2)10-13-8-6-12(14)7-9-13/h3-5H,1-2,6-10H2/b5-4-. The Hall–Kier alpha value is -1.15. The Bertz CT molecular complexity index is 255. The van der Waals surface area contributed by atoms with Crippen molar-refractivity contribution in [2.75, 3.05) is 19.6 Å². The number of nitrogens with zero attached hydrogens (tertiary/aromatic N) is 1. The van der Waals surface area contributed by atoms with Crippen LogP contribution in [0.3, 0.4) is 0 Å². The molecule has 1 saturated heterocycles. The minimum Gasteiger partial charge on any atom is -0.300 e. The first-order valence-electron chi connectivity index (χ1n) is 4.93. The summed E-state index contributed by atoms with van der Waals surface area (Å²) < 4.78 is 0. The molecule has 76 valence electrons. The van der Waals surface area contributed by atoms with E-state index >= 15 is 0 Å². The van der Waals surface area contributed by atoms with Gasteiger partial charge in [-0.1, -0.05) is 31.4 Å². The molecule has 1 fully saturated rings. The number of Topliss-reactive ketones (excluding diaryl/α,β-unsaturated/α-hetero) is 1. The van der Waals surface area contributed by atoms with E-state index in [0.717, 1.165) is 25.2 Å². The molecule has 2 heteroatoms. The van der Waals surface area contributed by atoms with Gasteiger partial charge in [-0.05, 0) is 5.57 Å². The first-order chi connectivity index (χ1) is 6.72. The second kappa shape index (κ2) is 5.55. The Labute approximate surface area is 85.6 Å². The van der Waals surface area contributed by atoms with Gasteiger partial charge in [0.1, 0.15) is 5.78 Å². The average Bonchev–Trinajstić information content (AvgIpc) is 2.18. The largest absolute Gasteiger partial charge is 0.300 e. The number of hydrogen-bond acceptors (Lipinski definition) is 2. The lowest BCUT2D eigenvalue weighted by Gasteiger charge is -2.25. The van der Waals surface area contributed by atoms with Crippen LogP contribution in [0.4, 0.5) is 0 Å². The molecule has 2 nitrogen and oxygen atoms in total. The van der Waals surface area contributed by atoms with Gasteiger partial charge >= 0.3 is 0 Å². The molecule has 0 aromatic rings. The van der Waals surface area contributed by atoms with Gasteiger partial charge in [0, 0.05) is 32.5 Å². The normalized spacial score (nSPS) is 18.7. The van der Waals surface area contributed by atoms with Gasteiger partial charge in [0.25, 0.3) is 0 Å². The molecule has 0 unspecified atom stereocenters. The Morgan fingerprint density at radius 2 is 2.07 bits per heavy atom. The fourth-order valence-corrected chi connectivity index (χ4v) is 1.50. The van der Waals surface area contributed by atoms with E-state index in [-0.39, 0.29) is 0 Å². The van der Waals surface area contributed by atoms with Gasteiger partial charge in [0.15, 0.2) is 0 Å². The van der Waals surface area contributed by atoms with Crippen LogP contribution in [-0.4, -0.2) is 30.3 Å². The second-order valence-corrected chi connectivity index (χ2v) is 3.57. The van der Waals surface area contributed by atoms with Crippen LogP contribution in [0, 0.1) is 0 Å². The maximum Gasteiger partial charge on any atom is 0.135 e. The monoisotopic (exact) mass is 191 g/mol. The zero-order valence-electron chi connectivity index (χ0n) is 8.54. The zero-order chi connectivity index (χ0) is 10.4. The van der Waals surface area contributed by atoms with Crippen LogP contribution in [0.15, 0.2) is 37.0 Å². The maximum atomic E-state index is 11.0. The highest BCUT2D eigenvalue weighted by molar-refractivity contribution is 5.79. The van der Waals surface area contributed by atoms with Gasteiger partial charge in [0.05, 0.1) is 0 Å². The topological polar surface area (TPSA) is 20.3 Å². The molecule has 0 spiro atoms. The van der Waals surface area contributed by atoms with E-state index < -0.39 is 0 Å². The number of hydrogen-bond donors (Lipinski definition) is 0. The minimum absolute atomic E-state index is 0.383. The number of likely N-dealkylation sites (tertiary alicyclic amines) is 1. The average molecular weight is 191 g/mol. The molecule has 0 aliphatic carbocycles. The summed E-state index contributed by atoms with van der Waals surface area (Å²) in [5.74, 6) is 0.383. The molecule has 1 aliphatic rings. The highest BCUT2D eigenvalue weighted by Gasteiger charge is 2.15. The van der Waals surface area contributed by atoms with Crippen LogP contribution in [0.5, 0.6) is 0 Å². The van der Waals surface area contributed by atoms with Gasteiger partial charge in [-0.2, -0.15) is 0 Å². The lowest BCUT2D eigenvalue weighted by atomic mass is 10.1. The molecule has 1 heterocycles. The summed E-state index contributed by atoms with van der Waals surface area (Å²) in [6.45, 7) is 10.2. The molecule has 1 aliphatic heterocycles. The van der Waals surface area contributed by atoms with E-state index in [4.69, 9.17) is 0 Å². The minimum atomic E-state index is 0.383. The lowest BCUT2D eigenvalue weighted by molar-refractivity contribution is -0.121. The van der Waals surface area contributed by atoms with E-state index in [2.05, 4.69) is 18.1 Å². The summed E-state index contributed by atoms with van der Waals surface area (Å²) in [4.78, 5) is 13.3. The van der Waals surface area contributed by atoms with E-state index in [0.29, 0.717) is 18.6 Å². The molecule has 0 bridgehead atoms. The van der Waals surface area contributed by atoms with Gasteiger partial charge in [-0.25, -0.2) is 0 Å². The predicted molar refractivity (Wildman–Crippen MR) is 59.2 cm³/mol. The van der Waals surface area contributed by atoms with Gasteiger partial charge in [-0.3, -0.25) is 9.69 Å². The molecular formula is C12H17NO. The van der Waals surface area contributed by atoms with Crippen LogP contribution in [0.25, 0.3) is 0 Å². The Morgan fingerprint density at radius 3 is 2.64 bits per heavy atom. The van der Waals surface area contributed by atoms with Crippen molar-refractivity contribution in [1.29, 1.82) is 0 Å².